The van der Waals surface area contributed by atoms with Gasteiger partial charge in [-0.3, -0.25) is 0 Å². The minimum Gasteiger partial charge on any atom is -0.485 e. The van der Waals surface area contributed by atoms with Gasteiger partial charge in [0.2, 0.25) is 5.60 Å². The number of benzene rings is 2. The van der Waals surface area contributed by atoms with Crippen molar-refractivity contribution in [3.8, 4) is 11.5 Å². The van der Waals surface area contributed by atoms with Gasteiger partial charge in [0.1, 0.15) is 11.5 Å². The van der Waals surface area contributed by atoms with Crippen molar-refractivity contribution < 1.29 is 18.9 Å². The molecule has 3 aliphatic heterocycles. The van der Waals surface area contributed by atoms with Crippen molar-refractivity contribution in [2.75, 3.05) is 0 Å². The van der Waals surface area contributed by atoms with E-state index in [0.29, 0.717) is 0 Å². The number of aryl methyl sites for hydroxylation is 4. The van der Waals surface area contributed by atoms with Gasteiger partial charge in [0.05, 0.1) is 5.41 Å². The second-order valence-electron chi connectivity index (χ2n) is 10.1. The third-order valence-electron chi connectivity index (χ3n) is 7.69. The normalized spacial score (nSPS) is 36.5. The lowest BCUT2D eigenvalue weighted by atomic mass is 9.61. The van der Waals surface area contributed by atoms with Crippen molar-refractivity contribution in [2.45, 2.75) is 84.1 Å². The molecule has 2 aromatic rings. The lowest BCUT2D eigenvalue weighted by molar-refractivity contribution is -0.190. The van der Waals surface area contributed by atoms with Gasteiger partial charge in [0.15, 0.2) is 12.4 Å². The molecule has 0 bridgehead atoms. The highest BCUT2D eigenvalue weighted by molar-refractivity contribution is 5.63. The van der Waals surface area contributed by atoms with Gasteiger partial charge < -0.3 is 18.9 Å². The number of rotatable bonds is 1. The highest BCUT2D eigenvalue weighted by Gasteiger charge is 2.79. The Morgan fingerprint density at radius 2 is 1.48 bits per heavy atom. The Hall–Kier alpha value is -2.30. The Bertz CT molecular complexity index is 1180. The first-order valence-electron chi connectivity index (χ1n) is 11.3. The summed E-state index contributed by atoms with van der Waals surface area (Å²) in [5.41, 5.74) is 6.78. The van der Waals surface area contributed by atoms with Crippen LogP contribution in [0.1, 0.15) is 60.6 Å². The zero-order chi connectivity index (χ0) is 21.9. The van der Waals surface area contributed by atoms with Crippen LogP contribution in [-0.2, 0) is 20.5 Å². The summed E-state index contributed by atoms with van der Waals surface area (Å²) in [6, 6.07) is 8.82. The molecule has 6 rings (SSSR count). The zero-order valence-electron chi connectivity index (χ0n) is 19.4. The molecular formula is C27H30O4. The summed E-state index contributed by atoms with van der Waals surface area (Å²) in [7, 11) is 0. The summed E-state index contributed by atoms with van der Waals surface area (Å²) in [6.07, 6.45) is 2.40. The van der Waals surface area contributed by atoms with Crippen LogP contribution in [0.3, 0.4) is 0 Å². The molecule has 2 aromatic carbocycles. The van der Waals surface area contributed by atoms with E-state index in [4.69, 9.17) is 18.9 Å². The van der Waals surface area contributed by atoms with Gasteiger partial charge in [0.25, 0.3) is 5.79 Å². The van der Waals surface area contributed by atoms with Gasteiger partial charge in [-0.1, -0.05) is 42.3 Å². The number of ether oxygens (including phenoxy) is 4. The summed E-state index contributed by atoms with van der Waals surface area (Å²) in [6.45, 7) is 15.0. The maximum Gasteiger partial charge on any atom is 0.272 e. The molecule has 162 valence electrons. The molecule has 0 N–H and O–H groups in total. The summed E-state index contributed by atoms with van der Waals surface area (Å²) in [4.78, 5) is 0. The second-order valence-corrected chi connectivity index (χ2v) is 10.1. The monoisotopic (exact) mass is 418 g/mol. The SMILES string of the molecule is CCC1O[C@@]23Oc4c(C)cc(C)cc4[C@@]2(O1)[C@@H]1Oc2c(C)cc(C)cc2[C@]1(C)C=C3C. The fourth-order valence-corrected chi connectivity index (χ4v) is 6.54. The molecule has 5 atom stereocenters. The standard InChI is InChI=1S/C27H30O4/c1-8-21-29-26-20-12-15(3)10-17(5)23(20)31-27(26,30-21)18(6)13-25(7)19-11-14(2)9-16(4)22(19)28-24(25)26/h9-13,21,24H,8H2,1-7H3/t21?,24-,25+,26-,27+/m1/s1. The first-order valence-corrected chi connectivity index (χ1v) is 11.3. The van der Waals surface area contributed by atoms with E-state index in [1.54, 1.807) is 0 Å². The van der Waals surface area contributed by atoms with Gasteiger partial charge in [-0.2, -0.15) is 0 Å². The van der Waals surface area contributed by atoms with E-state index in [-0.39, 0.29) is 17.8 Å². The van der Waals surface area contributed by atoms with E-state index in [0.717, 1.165) is 40.2 Å². The van der Waals surface area contributed by atoms with Crippen LogP contribution >= 0.6 is 0 Å². The van der Waals surface area contributed by atoms with Gasteiger partial charge in [-0.15, -0.1) is 0 Å². The van der Waals surface area contributed by atoms with Crippen molar-refractivity contribution in [2.24, 2.45) is 0 Å². The zero-order valence-corrected chi connectivity index (χ0v) is 19.4. The minimum atomic E-state index is -1.01. The number of hydrogen-bond donors (Lipinski definition) is 0. The maximum atomic E-state index is 6.89. The Labute approximate surface area is 184 Å². The molecule has 4 nitrogen and oxygen atoms in total. The summed E-state index contributed by atoms with van der Waals surface area (Å²) < 4.78 is 27.1. The summed E-state index contributed by atoms with van der Waals surface area (Å²) in [5.74, 6) is 0.822. The van der Waals surface area contributed by atoms with Gasteiger partial charge in [0, 0.05) is 11.1 Å². The average Bonchev–Trinajstić information content (AvgIpc) is 3.27. The lowest BCUT2D eigenvalue weighted by Crippen LogP contribution is -2.65. The molecule has 0 radical (unpaired) electrons. The maximum absolute atomic E-state index is 6.89. The van der Waals surface area contributed by atoms with Gasteiger partial charge in [-0.25, -0.2) is 0 Å². The van der Waals surface area contributed by atoms with Crippen LogP contribution in [0.15, 0.2) is 35.9 Å². The molecule has 1 saturated heterocycles. The predicted molar refractivity (Wildman–Crippen MR) is 119 cm³/mol. The van der Waals surface area contributed by atoms with Crippen molar-refractivity contribution in [3.63, 3.8) is 0 Å². The van der Waals surface area contributed by atoms with E-state index in [9.17, 15) is 0 Å². The number of fused-ring (bicyclic) bond motifs is 4. The Morgan fingerprint density at radius 3 is 2.16 bits per heavy atom. The summed E-state index contributed by atoms with van der Waals surface area (Å²) >= 11 is 0. The van der Waals surface area contributed by atoms with Crippen molar-refractivity contribution in [1.29, 1.82) is 0 Å². The quantitative estimate of drug-likeness (QED) is 0.560. The molecule has 0 saturated carbocycles. The first-order chi connectivity index (χ1) is 14.7. The third-order valence-corrected chi connectivity index (χ3v) is 7.69. The lowest BCUT2D eigenvalue weighted by Gasteiger charge is -2.48. The molecule has 1 unspecified atom stereocenters. The fraction of sp³-hybridized carbons (Fsp3) is 0.481. The van der Waals surface area contributed by atoms with Crippen LogP contribution in [0.25, 0.3) is 0 Å². The van der Waals surface area contributed by atoms with Crippen LogP contribution in [0.5, 0.6) is 11.5 Å². The van der Waals surface area contributed by atoms with E-state index in [1.165, 1.54) is 16.7 Å². The molecule has 0 spiro atoms. The molecule has 1 fully saturated rings. The molecular weight excluding hydrogens is 388 g/mol. The Balaban J connectivity index is 1.69. The van der Waals surface area contributed by atoms with E-state index in [2.05, 4.69) is 78.8 Å². The van der Waals surface area contributed by atoms with Crippen molar-refractivity contribution in [1.82, 2.24) is 0 Å². The Kier molecular flexibility index (Phi) is 3.58. The van der Waals surface area contributed by atoms with Gasteiger partial charge >= 0.3 is 0 Å². The van der Waals surface area contributed by atoms with Crippen molar-refractivity contribution >= 4 is 0 Å². The second kappa shape index (κ2) is 5.73. The smallest absolute Gasteiger partial charge is 0.272 e. The molecule has 0 aromatic heterocycles. The molecule has 3 heterocycles. The molecule has 4 heteroatoms. The fourth-order valence-electron chi connectivity index (χ4n) is 6.54. The predicted octanol–water partition coefficient (Wildman–Crippen LogP) is 5.67. The molecule has 31 heavy (non-hydrogen) atoms. The molecule has 4 aliphatic rings. The molecule has 0 amide bonds. The third kappa shape index (κ3) is 2.04. The minimum absolute atomic E-state index is 0.293. The molecule has 1 aliphatic carbocycles. The first kappa shape index (κ1) is 19.4. The topological polar surface area (TPSA) is 36.9 Å². The van der Waals surface area contributed by atoms with E-state index in [1.807, 2.05) is 0 Å². The van der Waals surface area contributed by atoms with Crippen LogP contribution in [0.4, 0.5) is 0 Å². The van der Waals surface area contributed by atoms with Crippen LogP contribution in [-0.4, -0.2) is 18.2 Å². The highest BCUT2D eigenvalue weighted by atomic mass is 16.8. The highest BCUT2D eigenvalue weighted by Crippen LogP contribution is 2.69. The Morgan fingerprint density at radius 1 is 0.839 bits per heavy atom. The van der Waals surface area contributed by atoms with E-state index < -0.39 is 11.4 Å². The average molecular weight is 419 g/mol. The largest absolute Gasteiger partial charge is 0.485 e. The van der Waals surface area contributed by atoms with Crippen LogP contribution in [0.2, 0.25) is 0 Å². The van der Waals surface area contributed by atoms with Gasteiger partial charge in [-0.05, 0) is 70.7 Å². The van der Waals surface area contributed by atoms with Crippen LogP contribution < -0.4 is 9.47 Å². The van der Waals surface area contributed by atoms with Crippen molar-refractivity contribution in [3.05, 3.63) is 69.3 Å². The van der Waals surface area contributed by atoms with Crippen LogP contribution in [0, 0.1) is 27.7 Å². The van der Waals surface area contributed by atoms with E-state index >= 15 is 0 Å². The summed E-state index contributed by atoms with van der Waals surface area (Å²) in [5, 5.41) is 0. The number of hydrogen-bond acceptors (Lipinski definition) is 4.